The van der Waals surface area contributed by atoms with Gasteiger partial charge in [-0.2, -0.15) is 0 Å². The molecule has 1 aliphatic heterocycles. The van der Waals surface area contributed by atoms with Crippen LogP contribution in [0.1, 0.15) is 12.0 Å². The van der Waals surface area contributed by atoms with E-state index in [9.17, 15) is 9.18 Å². The highest BCUT2D eigenvalue weighted by Crippen LogP contribution is 2.20. The minimum Gasteiger partial charge on any atom is -0.380 e. The molecule has 1 N–H and O–H groups in total. The van der Waals surface area contributed by atoms with E-state index in [-0.39, 0.29) is 23.7 Å². The van der Waals surface area contributed by atoms with E-state index in [1.807, 2.05) is 0 Å². The number of ether oxygens (including phenoxy) is 1. The van der Waals surface area contributed by atoms with Crippen LogP contribution in [-0.2, 0) is 16.0 Å². The third-order valence-corrected chi connectivity index (χ3v) is 3.93. The highest BCUT2D eigenvalue weighted by Gasteiger charge is 2.29. The smallest absolute Gasteiger partial charge is 0.154 e. The summed E-state index contributed by atoms with van der Waals surface area (Å²) < 4.78 is 18.8. The van der Waals surface area contributed by atoms with Gasteiger partial charge in [-0.1, -0.05) is 22.0 Å². The topological polar surface area (TPSA) is 38.3 Å². The van der Waals surface area contributed by atoms with E-state index in [0.29, 0.717) is 23.9 Å². The lowest BCUT2D eigenvalue weighted by Crippen LogP contribution is -2.31. The second-order valence-electron chi connectivity index (χ2n) is 4.43. The maximum absolute atomic E-state index is 12.9. The van der Waals surface area contributed by atoms with E-state index in [1.54, 1.807) is 13.2 Å². The van der Waals surface area contributed by atoms with Crippen molar-refractivity contribution in [2.24, 2.45) is 0 Å². The Morgan fingerprint density at radius 2 is 2.39 bits per heavy atom. The van der Waals surface area contributed by atoms with Gasteiger partial charge in [0.15, 0.2) is 5.78 Å². The van der Waals surface area contributed by atoms with Gasteiger partial charge >= 0.3 is 0 Å². The van der Waals surface area contributed by atoms with Gasteiger partial charge < -0.3 is 10.1 Å². The predicted octanol–water partition coefficient (Wildman–Crippen LogP) is 2.08. The van der Waals surface area contributed by atoms with Gasteiger partial charge in [-0.3, -0.25) is 4.79 Å². The molecule has 0 aromatic heterocycles. The molecule has 2 rings (SSSR count). The molecule has 0 aliphatic carbocycles. The Labute approximate surface area is 114 Å². The van der Waals surface area contributed by atoms with Gasteiger partial charge in [0.25, 0.3) is 0 Å². The Bertz CT molecular complexity index is 453. The number of carbonyl (C=O) groups is 1. The van der Waals surface area contributed by atoms with Gasteiger partial charge in [0.1, 0.15) is 5.82 Å². The molecule has 2 atom stereocenters. The molecule has 0 saturated carbocycles. The van der Waals surface area contributed by atoms with E-state index in [2.05, 4.69) is 21.2 Å². The summed E-state index contributed by atoms with van der Waals surface area (Å²) in [5, 5.41) is 3.14. The quantitative estimate of drug-likeness (QED) is 0.924. The van der Waals surface area contributed by atoms with Gasteiger partial charge in [-0.25, -0.2) is 4.39 Å². The Morgan fingerprint density at radius 3 is 3.00 bits per heavy atom. The lowest BCUT2D eigenvalue weighted by Gasteiger charge is -2.10. The number of halogens is 2. The van der Waals surface area contributed by atoms with Crippen molar-refractivity contribution in [3.8, 4) is 0 Å². The first-order valence-electron chi connectivity index (χ1n) is 5.83. The number of carbonyl (C=O) groups excluding carboxylic acids is 1. The number of methoxy groups -OCH3 is 1. The Morgan fingerprint density at radius 1 is 1.61 bits per heavy atom. The van der Waals surface area contributed by atoms with Crippen molar-refractivity contribution in [3.05, 3.63) is 34.1 Å². The lowest BCUT2D eigenvalue weighted by atomic mass is 10.0. The average molecular weight is 316 g/mol. The molecule has 1 heterocycles. The van der Waals surface area contributed by atoms with Crippen molar-refractivity contribution in [3.63, 3.8) is 0 Å². The Kier molecular flexibility index (Phi) is 4.48. The molecular formula is C13H15BrFNO2. The number of nitrogens with one attached hydrogen (secondary N) is 1. The second kappa shape index (κ2) is 5.91. The largest absolute Gasteiger partial charge is 0.380 e. The maximum Gasteiger partial charge on any atom is 0.154 e. The third-order valence-electron chi connectivity index (χ3n) is 3.19. The van der Waals surface area contributed by atoms with Gasteiger partial charge in [0, 0.05) is 24.5 Å². The van der Waals surface area contributed by atoms with Crippen LogP contribution >= 0.6 is 15.9 Å². The fraction of sp³-hybridized carbons (Fsp3) is 0.462. The highest BCUT2D eigenvalue weighted by atomic mass is 79.9. The molecule has 1 aromatic carbocycles. The minimum absolute atomic E-state index is 0.107. The van der Waals surface area contributed by atoms with Crippen LogP contribution < -0.4 is 5.32 Å². The molecule has 1 fully saturated rings. The molecule has 98 valence electrons. The van der Waals surface area contributed by atoms with E-state index >= 15 is 0 Å². The fourth-order valence-electron chi connectivity index (χ4n) is 2.10. The third kappa shape index (κ3) is 3.16. The van der Waals surface area contributed by atoms with Crippen molar-refractivity contribution in [2.45, 2.75) is 25.0 Å². The van der Waals surface area contributed by atoms with E-state index < -0.39 is 0 Å². The van der Waals surface area contributed by atoms with Crippen LogP contribution in [0.15, 0.2) is 22.7 Å². The number of hydrogen-bond donors (Lipinski definition) is 1. The van der Waals surface area contributed by atoms with Gasteiger partial charge in [0.05, 0.1) is 12.1 Å². The molecule has 3 nitrogen and oxygen atoms in total. The normalized spacial score (nSPS) is 23.3. The highest BCUT2D eigenvalue weighted by molar-refractivity contribution is 9.10. The van der Waals surface area contributed by atoms with Crippen LogP contribution in [0.2, 0.25) is 0 Å². The zero-order chi connectivity index (χ0) is 13.1. The molecule has 0 spiro atoms. The Hall–Kier alpha value is -0.780. The van der Waals surface area contributed by atoms with Crippen LogP contribution in [0.4, 0.5) is 4.39 Å². The molecule has 1 aliphatic rings. The lowest BCUT2D eigenvalue weighted by molar-refractivity contribution is -0.120. The SMILES string of the molecule is COC1CNC(C(=O)Cc2ccc(F)cc2Br)C1. The summed E-state index contributed by atoms with van der Waals surface area (Å²) in [4.78, 5) is 12.1. The molecule has 1 saturated heterocycles. The summed E-state index contributed by atoms with van der Waals surface area (Å²) in [5.41, 5.74) is 0.809. The molecular weight excluding hydrogens is 301 g/mol. The average Bonchev–Trinajstić information content (AvgIpc) is 2.81. The summed E-state index contributed by atoms with van der Waals surface area (Å²) >= 11 is 3.27. The van der Waals surface area contributed by atoms with Gasteiger partial charge in [0.2, 0.25) is 0 Å². The van der Waals surface area contributed by atoms with Crippen LogP contribution in [0.25, 0.3) is 0 Å². The first kappa shape index (κ1) is 13.6. The van der Waals surface area contributed by atoms with Crippen LogP contribution in [0, 0.1) is 5.82 Å². The molecule has 0 amide bonds. The number of benzene rings is 1. The monoisotopic (exact) mass is 315 g/mol. The van der Waals surface area contributed by atoms with Gasteiger partial charge in [-0.05, 0) is 24.1 Å². The first-order valence-corrected chi connectivity index (χ1v) is 6.62. The molecule has 0 bridgehead atoms. The van der Waals surface area contributed by atoms with Crippen LogP contribution in [0.3, 0.4) is 0 Å². The molecule has 1 aromatic rings. The van der Waals surface area contributed by atoms with Crippen molar-refractivity contribution in [1.29, 1.82) is 0 Å². The fourth-order valence-corrected chi connectivity index (χ4v) is 2.60. The summed E-state index contributed by atoms with van der Waals surface area (Å²) in [5.74, 6) is -0.196. The maximum atomic E-state index is 12.9. The van der Waals surface area contributed by atoms with E-state index in [1.165, 1.54) is 12.1 Å². The van der Waals surface area contributed by atoms with Crippen LogP contribution in [-0.4, -0.2) is 31.6 Å². The molecule has 0 radical (unpaired) electrons. The predicted molar refractivity (Wildman–Crippen MR) is 70.0 cm³/mol. The number of rotatable bonds is 4. The molecule has 5 heteroatoms. The van der Waals surface area contributed by atoms with Crippen LogP contribution in [0.5, 0.6) is 0 Å². The number of Topliss-reactive ketones (excluding diaryl/α,β-unsaturated/α-hetero) is 1. The number of ketones is 1. The summed E-state index contributed by atoms with van der Waals surface area (Å²) in [6.07, 6.45) is 1.11. The molecule has 2 unspecified atom stereocenters. The van der Waals surface area contributed by atoms with Crippen molar-refractivity contribution in [1.82, 2.24) is 5.32 Å². The van der Waals surface area contributed by atoms with E-state index in [4.69, 9.17) is 4.74 Å². The zero-order valence-electron chi connectivity index (χ0n) is 10.1. The van der Waals surface area contributed by atoms with Crippen molar-refractivity contribution >= 4 is 21.7 Å². The van der Waals surface area contributed by atoms with Gasteiger partial charge in [-0.15, -0.1) is 0 Å². The van der Waals surface area contributed by atoms with Crippen molar-refractivity contribution < 1.29 is 13.9 Å². The van der Waals surface area contributed by atoms with E-state index in [0.717, 1.165) is 5.56 Å². The second-order valence-corrected chi connectivity index (χ2v) is 5.29. The number of hydrogen-bond acceptors (Lipinski definition) is 3. The summed E-state index contributed by atoms with van der Waals surface area (Å²) in [6, 6.07) is 4.22. The zero-order valence-corrected chi connectivity index (χ0v) is 11.7. The minimum atomic E-state index is -0.309. The molecule has 18 heavy (non-hydrogen) atoms. The standard InChI is InChI=1S/C13H15BrFNO2/c1-18-10-6-12(16-7-10)13(17)4-8-2-3-9(15)5-11(8)14/h2-3,5,10,12,16H,4,6-7H2,1H3. The summed E-state index contributed by atoms with van der Waals surface area (Å²) in [6.45, 7) is 0.706. The first-order chi connectivity index (χ1) is 8.60. The summed E-state index contributed by atoms with van der Waals surface area (Å²) in [7, 11) is 1.65. The van der Waals surface area contributed by atoms with Crippen molar-refractivity contribution in [2.75, 3.05) is 13.7 Å². The Balaban J connectivity index is 1.99.